The SMILES string of the molecule is COc1ccc(OC)c(Nc2cc(C)nc(Nc3ccc(OC)cc3OC)n2)c1. The maximum Gasteiger partial charge on any atom is 0.229 e. The Bertz CT molecular complexity index is 994. The van der Waals surface area contributed by atoms with Crippen LogP contribution in [0.15, 0.2) is 42.5 Å². The number of hydrogen-bond donors (Lipinski definition) is 2. The third-order valence-corrected chi connectivity index (χ3v) is 4.18. The third kappa shape index (κ3) is 4.78. The second-order valence-electron chi connectivity index (χ2n) is 6.10. The van der Waals surface area contributed by atoms with E-state index < -0.39 is 0 Å². The van der Waals surface area contributed by atoms with E-state index in [0.717, 1.165) is 17.1 Å². The van der Waals surface area contributed by atoms with Crippen LogP contribution in [-0.4, -0.2) is 38.4 Å². The largest absolute Gasteiger partial charge is 0.497 e. The van der Waals surface area contributed by atoms with Crippen LogP contribution in [0.4, 0.5) is 23.1 Å². The maximum absolute atomic E-state index is 5.43. The van der Waals surface area contributed by atoms with Crippen molar-refractivity contribution in [1.29, 1.82) is 0 Å². The van der Waals surface area contributed by atoms with Crippen molar-refractivity contribution in [1.82, 2.24) is 9.97 Å². The molecule has 2 aromatic carbocycles. The fourth-order valence-electron chi connectivity index (χ4n) is 2.76. The number of rotatable bonds is 8. The molecular formula is C21H24N4O4. The van der Waals surface area contributed by atoms with Crippen LogP contribution >= 0.6 is 0 Å². The maximum atomic E-state index is 5.43. The van der Waals surface area contributed by atoms with Gasteiger partial charge in [0, 0.05) is 23.9 Å². The number of aryl methyl sites for hydroxylation is 1. The molecule has 3 aromatic rings. The highest BCUT2D eigenvalue weighted by Crippen LogP contribution is 2.33. The molecule has 1 aromatic heterocycles. The Morgan fingerprint density at radius 1 is 0.655 bits per heavy atom. The summed E-state index contributed by atoms with van der Waals surface area (Å²) in [6.45, 7) is 1.89. The van der Waals surface area contributed by atoms with E-state index >= 15 is 0 Å². The number of benzene rings is 2. The van der Waals surface area contributed by atoms with Crippen LogP contribution in [0, 0.1) is 6.92 Å². The lowest BCUT2D eigenvalue weighted by Gasteiger charge is -2.15. The zero-order valence-corrected chi connectivity index (χ0v) is 17.1. The summed E-state index contributed by atoms with van der Waals surface area (Å²) in [4.78, 5) is 9.02. The van der Waals surface area contributed by atoms with Gasteiger partial charge in [0.1, 0.15) is 28.8 Å². The van der Waals surface area contributed by atoms with Crippen LogP contribution in [-0.2, 0) is 0 Å². The summed E-state index contributed by atoms with van der Waals surface area (Å²) in [5.74, 6) is 3.74. The second-order valence-corrected chi connectivity index (χ2v) is 6.10. The number of aromatic nitrogens is 2. The molecule has 1 heterocycles. The van der Waals surface area contributed by atoms with Gasteiger partial charge in [-0.2, -0.15) is 4.98 Å². The number of nitrogens with zero attached hydrogens (tertiary/aromatic N) is 2. The molecule has 0 radical (unpaired) electrons. The van der Waals surface area contributed by atoms with E-state index in [-0.39, 0.29) is 0 Å². The van der Waals surface area contributed by atoms with Gasteiger partial charge in [0.05, 0.1) is 39.8 Å². The minimum atomic E-state index is 0.429. The molecule has 0 saturated heterocycles. The molecule has 152 valence electrons. The van der Waals surface area contributed by atoms with Crippen molar-refractivity contribution < 1.29 is 18.9 Å². The molecule has 0 atom stereocenters. The molecule has 2 N–H and O–H groups in total. The molecule has 8 heteroatoms. The van der Waals surface area contributed by atoms with Gasteiger partial charge >= 0.3 is 0 Å². The van der Waals surface area contributed by atoms with Gasteiger partial charge in [-0.1, -0.05) is 0 Å². The predicted octanol–water partition coefficient (Wildman–Crippen LogP) is 4.31. The molecule has 0 fully saturated rings. The van der Waals surface area contributed by atoms with Crippen molar-refractivity contribution in [2.24, 2.45) is 0 Å². The lowest BCUT2D eigenvalue weighted by Crippen LogP contribution is -2.04. The average Bonchev–Trinajstić information content (AvgIpc) is 2.73. The van der Waals surface area contributed by atoms with Crippen LogP contribution in [0.25, 0.3) is 0 Å². The van der Waals surface area contributed by atoms with Gasteiger partial charge in [0.15, 0.2) is 0 Å². The summed E-state index contributed by atoms with van der Waals surface area (Å²) < 4.78 is 21.4. The van der Waals surface area contributed by atoms with Gasteiger partial charge in [-0.05, 0) is 31.2 Å². The zero-order valence-electron chi connectivity index (χ0n) is 17.1. The van der Waals surface area contributed by atoms with Crippen LogP contribution in [0.2, 0.25) is 0 Å². The van der Waals surface area contributed by atoms with Gasteiger partial charge in [0.2, 0.25) is 5.95 Å². The van der Waals surface area contributed by atoms with Crippen molar-refractivity contribution >= 4 is 23.1 Å². The van der Waals surface area contributed by atoms with Crippen molar-refractivity contribution in [3.63, 3.8) is 0 Å². The predicted molar refractivity (Wildman–Crippen MR) is 112 cm³/mol. The van der Waals surface area contributed by atoms with E-state index in [1.54, 1.807) is 34.5 Å². The Kier molecular flexibility index (Phi) is 6.23. The second kappa shape index (κ2) is 9.01. The Morgan fingerprint density at radius 2 is 1.34 bits per heavy atom. The molecule has 3 rings (SSSR count). The van der Waals surface area contributed by atoms with Gasteiger partial charge in [0.25, 0.3) is 0 Å². The molecule has 0 spiro atoms. The van der Waals surface area contributed by atoms with E-state index in [0.29, 0.717) is 34.8 Å². The summed E-state index contributed by atoms with van der Waals surface area (Å²) in [5.41, 5.74) is 2.25. The zero-order chi connectivity index (χ0) is 20.8. The molecule has 0 amide bonds. The summed E-state index contributed by atoms with van der Waals surface area (Å²) >= 11 is 0. The van der Waals surface area contributed by atoms with Gasteiger partial charge in [-0.25, -0.2) is 4.98 Å². The Hall–Kier alpha value is -3.68. The normalized spacial score (nSPS) is 10.2. The summed E-state index contributed by atoms with van der Waals surface area (Å²) in [6.07, 6.45) is 0. The summed E-state index contributed by atoms with van der Waals surface area (Å²) in [7, 11) is 6.43. The fraction of sp³-hybridized carbons (Fsp3) is 0.238. The van der Waals surface area contributed by atoms with E-state index in [1.807, 2.05) is 43.3 Å². The minimum Gasteiger partial charge on any atom is -0.497 e. The van der Waals surface area contributed by atoms with E-state index in [2.05, 4.69) is 20.6 Å². The van der Waals surface area contributed by atoms with Gasteiger partial charge in [-0.3, -0.25) is 0 Å². The highest BCUT2D eigenvalue weighted by Gasteiger charge is 2.11. The standard InChI is InChI=1S/C21H24N4O4/c1-13-10-20(23-17-11-14(26-2)7-9-18(17)28-4)25-21(22-13)24-16-8-6-15(27-3)12-19(16)29-5/h6-12H,1-5H3,(H2,22,23,24,25). The van der Waals surface area contributed by atoms with Crippen LogP contribution in [0.1, 0.15) is 5.69 Å². The average molecular weight is 396 g/mol. The minimum absolute atomic E-state index is 0.429. The molecule has 0 unspecified atom stereocenters. The summed E-state index contributed by atoms with van der Waals surface area (Å²) in [5, 5.41) is 6.46. The first-order valence-corrected chi connectivity index (χ1v) is 8.90. The first kappa shape index (κ1) is 20.1. The van der Waals surface area contributed by atoms with E-state index in [1.165, 1.54) is 0 Å². The smallest absolute Gasteiger partial charge is 0.229 e. The van der Waals surface area contributed by atoms with Crippen molar-refractivity contribution in [2.75, 3.05) is 39.1 Å². The Labute approximate surface area is 169 Å². The van der Waals surface area contributed by atoms with Gasteiger partial charge < -0.3 is 29.6 Å². The molecule has 0 bridgehead atoms. The van der Waals surface area contributed by atoms with Crippen molar-refractivity contribution in [3.8, 4) is 23.0 Å². The van der Waals surface area contributed by atoms with Gasteiger partial charge in [-0.15, -0.1) is 0 Å². The van der Waals surface area contributed by atoms with Crippen molar-refractivity contribution in [2.45, 2.75) is 6.92 Å². The van der Waals surface area contributed by atoms with Crippen LogP contribution in [0.3, 0.4) is 0 Å². The molecule has 0 aliphatic rings. The molecule has 0 aliphatic carbocycles. The van der Waals surface area contributed by atoms with Crippen molar-refractivity contribution in [3.05, 3.63) is 48.2 Å². The lowest BCUT2D eigenvalue weighted by molar-refractivity contribution is 0.395. The van der Waals surface area contributed by atoms with E-state index in [4.69, 9.17) is 18.9 Å². The lowest BCUT2D eigenvalue weighted by atomic mass is 10.2. The number of nitrogens with one attached hydrogen (secondary N) is 2. The highest BCUT2D eigenvalue weighted by molar-refractivity contribution is 5.69. The molecule has 0 aliphatic heterocycles. The number of hydrogen-bond acceptors (Lipinski definition) is 8. The molecule has 29 heavy (non-hydrogen) atoms. The first-order chi connectivity index (χ1) is 14.1. The molecule has 0 saturated carbocycles. The fourth-order valence-corrected chi connectivity index (χ4v) is 2.76. The topological polar surface area (TPSA) is 86.8 Å². The Morgan fingerprint density at radius 3 is 2.03 bits per heavy atom. The molecule has 8 nitrogen and oxygen atoms in total. The molecular weight excluding hydrogens is 372 g/mol. The van der Waals surface area contributed by atoms with E-state index in [9.17, 15) is 0 Å². The number of ether oxygens (including phenoxy) is 4. The quantitative estimate of drug-likeness (QED) is 0.583. The first-order valence-electron chi connectivity index (χ1n) is 8.90. The van der Waals surface area contributed by atoms with Crippen LogP contribution < -0.4 is 29.6 Å². The number of anilines is 4. The summed E-state index contributed by atoms with van der Waals surface area (Å²) in [6, 6.07) is 12.8. The monoisotopic (exact) mass is 396 g/mol. The highest BCUT2D eigenvalue weighted by atomic mass is 16.5. The Balaban J connectivity index is 1.90. The third-order valence-electron chi connectivity index (χ3n) is 4.18. The van der Waals surface area contributed by atoms with Crippen LogP contribution in [0.5, 0.6) is 23.0 Å². The number of methoxy groups -OCH3 is 4.